The monoisotopic (exact) mass is 546 g/mol. The molecule has 2 fully saturated rings. The molecule has 0 saturated heterocycles. The minimum absolute atomic E-state index is 0.108. The first-order valence-corrected chi connectivity index (χ1v) is 14.9. The number of nitrogens with one attached hydrogen (secondary N) is 2. The number of nitrogens with zero attached hydrogens (tertiary/aromatic N) is 5. The Morgan fingerprint density at radius 3 is 2.15 bits per heavy atom. The SMILES string of the molecule is CCn1ncc([C@@H](C(=O)Nc2cnc(-c3c(C)n[nH]c3C)cn2)C(C2CCCCC2)C2CCCCC2)c1C(N)=O. The molecule has 2 aliphatic rings. The van der Waals surface area contributed by atoms with Gasteiger partial charge in [0.05, 0.1) is 35.9 Å². The molecule has 0 radical (unpaired) electrons. The predicted octanol–water partition coefficient (Wildman–Crippen LogP) is 5.30. The Balaban J connectivity index is 1.52. The van der Waals surface area contributed by atoms with Crippen molar-refractivity contribution < 1.29 is 9.59 Å². The number of carbonyl (C=O) groups excluding carboxylic acids is 2. The molecule has 40 heavy (non-hydrogen) atoms. The van der Waals surface area contributed by atoms with Gasteiger partial charge in [-0.05, 0) is 38.5 Å². The van der Waals surface area contributed by atoms with Crippen LogP contribution in [0.15, 0.2) is 18.6 Å². The van der Waals surface area contributed by atoms with Crippen LogP contribution in [0.1, 0.15) is 104 Å². The van der Waals surface area contributed by atoms with Crippen LogP contribution < -0.4 is 11.1 Å². The number of amides is 2. The quantitative estimate of drug-likeness (QED) is 0.332. The van der Waals surface area contributed by atoms with E-state index in [1.807, 2.05) is 20.8 Å². The molecule has 0 bridgehead atoms. The first-order chi connectivity index (χ1) is 19.4. The van der Waals surface area contributed by atoms with Gasteiger partial charge < -0.3 is 11.1 Å². The molecule has 5 rings (SSSR count). The number of aromatic amines is 1. The van der Waals surface area contributed by atoms with Gasteiger partial charge in [-0.15, -0.1) is 0 Å². The molecule has 3 aromatic heterocycles. The zero-order valence-corrected chi connectivity index (χ0v) is 23.9. The summed E-state index contributed by atoms with van der Waals surface area (Å²) in [6.45, 7) is 6.30. The smallest absolute Gasteiger partial charge is 0.267 e. The van der Waals surface area contributed by atoms with Crippen molar-refractivity contribution in [3.05, 3.63) is 41.2 Å². The molecule has 214 valence electrons. The number of hydrogen-bond donors (Lipinski definition) is 3. The molecule has 2 aliphatic carbocycles. The van der Waals surface area contributed by atoms with Crippen molar-refractivity contribution in [2.45, 2.75) is 97.4 Å². The first kappa shape index (κ1) is 28.0. The lowest BCUT2D eigenvalue weighted by molar-refractivity contribution is -0.120. The lowest BCUT2D eigenvalue weighted by atomic mass is 9.63. The zero-order chi connectivity index (χ0) is 28.2. The van der Waals surface area contributed by atoms with Gasteiger partial charge in [0, 0.05) is 23.4 Å². The summed E-state index contributed by atoms with van der Waals surface area (Å²) >= 11 is 0. The maximum absolute atomic E-state index is 14.4. The van der Waals surface area contributed by atoms with Gasteiger partial charge in [-0.25, -0.2) is 4.98 Å². The summed E-state index contributed by atoms with van der Waals surface area (Å²) in [5.41, 5.74) is 10.3. The molecule has 2 amide bonds. The minimum Gasteiger partial charge on any atom is -0.364 e. The first-order valence-electron chi connectivity index (χ1n) is 14.9. The predicted molar refractivity (Wildman–Crippen MR) is 154 cm³/mol. The van der Waals surface area contributed by atoms with Crippen LogP contribution in [-0.2, 0) is 11.3 Å². The largest absolute Gasteiger partial charge is 0.364 e. The average Bonchev–Trinajstić information content (AvgIpc) is 3.55. The van der Waals surface area contributed by atoms with Crippen molar-refractivity contribution in [3.8, 4) is 11.3 Å². The van der Waals surface area contributed by atoms with Crippen molar-refractivity contribution in [3.63, 3.8) is 0 Å². The zero-order valence-electron chi connectivity index (χ0n) is 23.9. The molecular weight excluding hydrogens is 504 g/mol. The summed E-state index contributed by atoms with van der Waals surface area (Å²) < 4.78 is 1.63. The molecular formula is C30H42N8O2. The second-order valence-corrected chi connectivity index (χ2v) is 11.6. The van der Waals surface area contributed by atoms with Gasteiger partial charge in [-0.1, -0.05) is 64.2 Å². The number of hydrogen-bond acceptors (Lipinski definition) is 6. The van der Waals surface area contributed by atoms with E-state index < -0.39 is 11.8 Å². The number of aromatic nitrogens is 6. The van der Waals surface area contributed by atoms with E-state index in [1.54, 1.807) is 23.3 Å². The summed E-state index contributed by atoms with van der Waals surface area (Å²) in [4.78, 5) is 36.2. The van der Waals surface area contributed by atoms with Crippen LogP contribution in [0.3, 0.4) is 0 Å². The van der Waals surface area contributed by atoms with E-state index in [9.17, 15) is 9.59 Å². The van der Waals surface area contributed by atoms with Gasteiger partial charge in [-0.3, -0.25) is 24.4 Å². The summed E-state index contributed by atoms with van der Waals surface area (Å²) in [6, 6.07) is 0. The molecule has 4 N–H and O–H groups in total. The second-order valence-electron chi connectivity index (χ2n) is 11.6. The average molecular weight is 547 g/mol. The second kappa shape index (κ2) is 12.3. The number of aryl methyl sites for hydroxylation is 3. The number of nitrogens with two attached hydrogens (primary N) is 1. The van der Waals surface area contributed by atoms with Crippen molar-refractivity contribution in [1.29, 1.82) is 0 Å². The van der Waals surface area contributed by atoms with Crippen LogP contribution >= 0.6 is 0 Å². The Hall–Kier alpha value is -3.56. The molecule has 3 aromatic rings. The van der Waals surface area contributed by atoms with E-state index in [1.165, 1.54) is 38.5 Å². The highest BCUT2D eigenvalue weighted by atomic mass is 16.2. The van der Waals surface area contributed by atoms with Crippen LogP contribution in [0, 0.1) is 31.6 Å². The van der Waals surface area contributed by atoms with Crippen molar-refractivity contribution in [2.75, 3.05) is 5.32 Å². The maximum Gasteiger partial charge on any atom is 0.267 e. The van der Waals surface area contributed by atoms with Crippen molar-refractivity contribution >= 4 is 17.6 Å². The van der Waals surface area contributed by atoms with Crippen LogP contribution in [0.5, 0.6) is 0 Å². The van der Waals surface area contributed by atoms with Gasteiger partial charge in [0.1, 0.15) is 5.69 Å². The number of H-pyrrole nitrogens is 1. The Labute approximate surface area is 235 Å². The number of rotatable bonds is 9. The van der Waals surface area contributed by atoms with Gasteiger partial charge >= 0.3 is 0 Å². The molecule has 2 saturated carbocycles. The Morgan fingerprint density at radius 2 is 1.65 bits per heavy atom. The molecule has 3 heterocycles. The molecule has 0 unspecified atom stereocenters. The number of carbonyl (C=O) groups is 2. The Bertz CT molecular complexity index is 1280. The number of primary amides is 1. The van der Waals surface area contributed by atoms with E-state index >= 15 is 0 Å². The number of anilines is 1. The molecule has 10 heteroatoms. The molecule has 0 aliphatic heterocycles. The highest BCUT2D eigenvalue weighted by molar-refractivity contribution is 5.99. The maximum atomic E-state index is 14.4. The van der Waals surface area contributed by atoms with Crippen LogP contribution in [0.25, 0.3) is 11.3 Å². The lowest BCUT2D eigenvalue weighted by Gasteiger charge is -2.41. The molecule has 0 aromatic carbocycles. The normalized spacial score (nSPS) is 17.7. The summed E-state index contributed by atoms with van der Waals surface area (Å²) in [5.74, 6) is 0.0559. The van der Waals surface area contributed by atoms with Crippen molar-refractivity contribution in [2.24, 2.45) is 23.5 Å². The fourth-order valence-electron chi connectivity index (χ4n) is 7.28. The summed E-state index contributed by atoms with van der Waals surface area (Å²) in [7, 11) is 0. The fourth-order valence-corrected chi connectivity index (χ4v) is 7.28. The summed E-state index contributed by atoms with van der Waals surface area (Å²) in [5, 5.41) is 14.8. The van der Waals surface area contributed by atoms with E-state index in [-0.39, 0.29) is 11.8 Å². The molecule has 0 spiro atoms. The molecule has 10 nitrogen and oxygen atoms in total. The summed E-state index contributed by atoms with van der Waals surface area (Å²) in [6.07, 6.45) is 16.6. The highest BCUT2D eigenvalue weighted by Gasteiger charge is 2.43. The third kappa shape index (κ3) is 5.67. The topological polar surface area (TPSA) is 144 Å². The van der Waals surface area contributed by atoms with Gasteiger partial charge in [0.15, 0.2) is 5.82 Å². The van der Waals surface area contributed by atoms with E-state index in [2.05, 4.69) is 30.6 Å². The van der Waals surface area contributed by atoms with Crippen LogP contribution in [0.4, 0.5) is 5.82 Å². The van der Waals surface area contributed by atoms with Crippen molar-refractivity contribution in [1.82, 2.24) is 29.9 Å². The standard InChI is InChI=1S/C30H42N8O2/c1-4-38-28(29(31)39)22(15-34-38)27(26(20-11-7-5-8-12-20)21-13-9-6-10-14-21)30(40)35-24-17-32-23(16-33-24)25-18(2)36-37-19(25)3/h15-17,20-21,26-27H,4-14H2,1-3H3,(H2,31,39)(H,36,37)(H,33,35,40)/t27-/m1/s1. The Morgan fingerprint density at radius 1 is 1.00 bits per heavy atom. The van der Waals surface area contributed by atoms with Crippen LogP contribution in [-0.4, -0.2) is 41.8 Å². The van der Waals surface area contributed by atoms with Gasteiger partial charge in [0.25, 0.3) is 5.91 Å². The fraction of sp³-hybridized carbons (Fsp3) is 0.600. The van der Waals surface area contributed by atoms with E-state index in [0.717, 1.165) is 42.6 Å². The lowest BCUT2D eigenvalue weighted by Crippen LogP contribution is -2.39. The van der Waals surface area contributed by atoms with Gasteiger partial charge in [-0.2, -0.15) is 10.2 Å². The third-order valence-corrected chi connectivity index (χ3v) is 9.08. The van der Waals surface area contributed by atoms with E-state index in [4.69, 9.17) is 5.73 Å². The Kier molecular flexibility index (Phi) is 8.61. The van der Waals surface area contributed by atoms with Gasteiger partial charge in [0.2, 0.25) is 5.91 Å². The highest BCUT2D eigenvalue weighted by Crippen LogP contribution is 2.48. The minimum atomic E-state index is -0.548. The van der Waals surface area contributed by atoms with Crippen LogP contribution in [0.2, 0.25) is 0 Å². The van der Waals surface area contributed by atoms with E-state index in [0.29, 0.717) is 41.1 Å². The molecule has 1 atom stereocenters. The third-order valence-electron chi connectivity index (χ3n) is 9.08.